The van der Waals surface area contributed by atoms with Gasteiger partial charge in [-0.05, 0) is 0 Å². The lowest BCUT2D eigenvalue weighted by Gasteiger charge is -1.45. The van der Waals surface area contributed by atoms with Crippen LogP contribution < -0.4 is 0 Å². The summed E-state index contributed by atoms with van der Waals surface area (Å²) in [6, 6.07) is 0. The molecule has 0 fully saturated rings. The smallest absolute Gasteiger partial charge is 0.0701 e. The lowest BCUT2D eigenvalue weighted by molar-refractivity contribution is 2.56. The van der Waals surface area contributed by atoms with Crippen molar-refractivity contribution in [3.05, 3.63) is 12.7 Å². The number of hydrogen-bond donors (Lipinski definition) is 0. The fourth-order valence-corrected chi connectivity index (χ4v) is 0. The van der Waals surface area contributed by atoms with Crippen molar-refractivity contribution < 1.29 is 0 Å². The lowest BCUT2D eigenvalue weighted by atomic mass is 10.8. The van der Waals surface area contributed by atoms with E-state index in [2.05, 4.69) is 6.58 Å². The fraction of sp³-hybridized carbons (Fsp3) is 0. The molecular weight excluding hydrogens is 67.0 g/mol. The molecular formula is C3H7P. The first kappa shape index (κ1) is 4.04. The summed E-state index contributed by atoms with van der Waals surface area (Å²) in [7, 11) is 1.78. The monoisotopic (exact) mass is 74.0 g/mol. The summed E-state index contributed by atoms with van der Waals surface area (Å²) in [6.07, 6.45) is 1.76. The van der Waals surface area contributed by atoms with Crippen LogP contribution in [0.15, 0.2) is 12.7 Å². The normalized spacial score (nSPS) is 6.00. The van der Waals surface area contributed by atoms with Gasteiger partial charge in [-0.3, -0.25) is 0 Å². The van der Waals surface area contributed by atoms with Gasteiger partial charge >= 0.3 is 0 Å². The highest BCUT2D eigenvalue weighted by Crippen LogP contribution is 1.51. The second-order valence-corrected chi connectivity index (χ2v) is 0.943. The van der Waals surface area contributed by atoms with Crippen molar-refractivity contribution in [3.63, 3.8) is 0 Å². The van der Waals surface area contributed by atoms with E-state index in [1.54, 1.807) is 14.9 Å². The van der Waals surface area contributed by atoms with Crippen molar-refractivity contribution >= 4 is 14.7 Å². The van der Waals surface area contributed by atoms with Crippen LogP contribution in [0.5, 0.6) is 0 Å². The first-order valence-electron chi connectivity index (χ1n) is 1.15. The van der Waals surface area contributed by atoms with E-state index in [1.807, 2.05) is 5.80 Å². The van der Waals surface area contributed by atoms with Crippen molar-refractivity contribution in [3.8, 4) is 0 Å². The van der Waals surface area contributed by atoms with Crippen molar-refractivity contribution in [2.24, 2.45) is 0 Å². The first-order chi connectivity index (χ1) is 1.91. The van der Waals surface area contributed by atoms with E-state index in [1.165, 1.54) is 0 Å². The van der Waals surface area contributed by atoms with Crippen molar-refractivity contribution in [2.45, 2.75) is 0 Å². The third-order valence-electron chi connectivity index (χ3n) is 0.167. The van der Waals surface area contributed by atoms with Gasteiger partial charge in [0.25, 0.3) is 0 Å². The maximum Gasteiger partial charge on any atom is -0.0701 e. The molecule has 0 rings (SSSR count). The lowest BCUT2D eigenvalue weighted by Crippen LogP contribution is -1.35. The highest BCUT2D eigenvalue weighted by Gasteiger charge is 1.29. The second-order valence-electron chi connectivity index (χ2n) is 0.471. The zero-order valence-electron chi connectivity index (χ0n) is 2.57. The van der Waals surface area contributed by atoms with Crippen LogP contribution in [0, 0.1) is 0 Å². The highest BCUT2D eigenvalue weighted by molar-refractivity contribution is 7.18. The van der Waals surface area contributed by atoms with E-state index in [0.29, 0.717) is 0 Å². The Balaban J connectivity index is 2.73. The maximum atomic E-state index is 3.43. The molecule has 1 unspecified atom stereocenters. The molecule has 0 aromatic rings. The summed E-state index contributed by atoms with van der Waals surface area (Å²) in [4.78, 5) is 0. The van der Waals surface area contributed by atoms with E-state index < -0.39 is 0 Å². The molecule has 0 saturated carbocycles. The van der Waals surface area contributed by atoms with Crippen molar-refractivity contribution in [1.82, 2.24) is 0 Å². The van der Waals surface area contributed by atoms with E-state index in [0.717, 1.165) is 0 Å². The summed E-state index contributed by atoms with van der Waals surface area (Å²) in [6.45, 7) is 3.43. The molecule has 0 aliphatic heterocycles. The van der Waals surface area contributed by atoms with Crippen molar-refractivity contribution in [1.29, 1.82) is 0 Å². The molecule has 1 atom stereocenters. The average molecular weight is 74.1 g/mol. The minimum absolute atomic E-state index is 1.76. The van der Waals surface area contributed by atoms with E-state index >= 15 is 0 Å². The van der Waals surface area contributed by atoms with Gasteiger partial charge in [0, 0.05) is 0 Å². The van der Waals surface area contributed by atoms with Crippen LogP contribution >= 0.6 is 8.86 Å². The molecule has 0 spiro atoms. The fourth-order valence-electron chi connectivity index (χ4n) is 0. The molecule has 0 amide bonds. The summed E-state index contributed by atoms with van der Waals surface area (Å²) >= 11 is 0. The molecule has 0 aromatic heterocycles. The standard InChI is InChI=1S/C3H7P/c1-2-3-4/h2-3H,1H2,4H3. The van der Waals surface area contributed by atoms with E-state index in [9.17, 15) is 0 Å². The largest absolute Gasteiger partial charge is 0.143 e. The Morgan fingerprint density at radius 2 is 2.00 bits per heavy atom. The van der Waals surface area contributed by atoms with Gasteiger partial charge in [-0.25, -0.2) is 0 Å². The average Bonchev–Trinajstić information content (AvgIpc) is 1.37. The van der Waals surface area contributed by atoms with Gasteiger partial charge in [0.1, 0.15) is 0 Å². The summed E-state index contributed by atoms with van der Waals surface area (Å²) in [5, 5.41) is 0. The zero-order valence-corrected chi connectivity index (χ0v) is 3.98. The molecule has 1 heteroatoms. The van der Waals surface area contributed by atoms with Gasteiger partial charge in [-0.2, -0.15) is 0 Å². The summed E-state index contributed by atoms with van der Waals surface area (Å²) in [5.74, 6) is 1.92. The highest BCUT2D eigenvalue weighted by atomic mass is 31.0. The third-order valence-corrected chi connectivity index (χ3v) is 0.500. The topological polar surface area (TPSA) is 0 Å². The summed E-state index contributed by atoms with van der Waals surface area (Å²) in [5.41, 5.74) is 0. The Bertz CT molecular complexity index is 24.3. The molecule has 0 heterocycles. The molecule has 0 aliphatic rings. The van der Waals surface area contributed by atoms with Gasteiger partial charge in [0.05, 0.1) is 0 Å². The number of rotatable bonds is 1. The Hall–Kier alpha value is 0.0400. The minimum Gasteiger partial charge on any atom is -0.143 e. The first-order valence-corrected chi connectivity index (χ1v) is 1.97. The van der Waals surface area contributed by atoms with Gasteiger partial charge in [0.15, 0.2) is 0 Å². The Morgan fingerprint density at radius 1 is 1.75 bits per heavy atom. The SMILES string of the molecule is C=CC=[PH3]. The molecule has 0 radical (unpaired) electrons. The van der Waals surface area contributed by atoms with Crippen LogP contribution in [0.4, 0.5) is 0 Å². The molecule has 0 aliphatic carbocycles. The molecule has 0 bridgehead atoms. The van der Waals surface area contributed by atoms with Gasteiger partial charge < -0.3 is 0 Å². The second kappa shape index (κ2) is 3.04. The number of hydrogen-bond acceptors (Lipinski definition) is 0. The van der Waals surface area contributed by atoms with E-state index in [-0.39, 0.29) is 0 Å². The zero-order chi connectivity index (χ0) is 3.41. The molecule has 0 saturated heterocycles. The Labute approximate surface area is 28.4 Å². The van der Waals surface area contributed by atoms with Crippen LogP contribution in [-0.4, -0.2) is 5.80 Å². The van der Waals surface area contributed by atoms with Crippen LogP contribution in [-0.2, 0) is 0 Å². The maximum absolute atomic E-state index is 3.43. The molecule has 24 valence electrons. The quantitative estimate of drug-likeness (QED) is 0.399. The molecule has 0 N–H and O–H groups in total. The Morgan fingerprint density at radius 3 is 2.00 bits per heavy atom. The van der Waals surface area contributed by atoms with Crippen LogP contribution in [0.2, 0.25) is 0 Å². The number of allylic oxidation sites excluding steroid dienone is 1. The predicted molar refractivity (Wildman–Crippen MR) is 27.4 cm³/mol. The van der Waals surface area contributed by atoms with Crippen LogP contribution in [0.3, 0.4) is 0 Å². The summed E-state index contributed by atoms with van der Waals surface area (Å²) < 4.78 is 0. The van der Waals surface area contributed by atoms with Crippen molar-refractivity contribution in [2.75, 3.05) is 0 Å². The molecule has 0 aromatic carbocycles. The molecule has 4 heavy (non-hydrogen) atoms. The predicted octanol–water partition coefficient (Wildman–Crippen LogP) is 0.582. The van der Waals surface area contributed by atoms with E-state index in [4.69, 9.17) is 0 Å². The molecule has 0 nitrogen and oxygen atoms in total. The van der Waals surface area contributed by atoms with Crippen LogP contribution in [0.1, 0.15) is 0 Å². The third kappa shape index (κ3) is 2.04. The van der Waals surface area contributed by atoms with Crippen LogP contribution in [0.25, 0.3) is 0 Å². The van der Waals surface area contributed by atoms with Gasteiger partial charge in [-0.1, -0.05) is 18.5 Å². The Kier molecular flexibility index (Phi) is 3.07. The minimum atomic E-state index is 1.76. The van der Waals surface area contributed by atoms with Gasteiger partial charge in [0.2, 0.25) is 0 Å². The van der Waals surface area contributed by atoms with Gasteiger partial charge in [-0.15, -0.1) is 8.86 Å².